The van der Waals surface area contributed by atoms with Gasteiger partial charge in [0.1, 0.15) is 96.1 Å². The second-order valence-corrected chi connectivity index (χ2v) is 37.4. The van der Waals surface area contributed by atoms with Crippen LogP contribution in [0.25, 0.3) is 33.1 Å². The number of aliphatic hydroxyl groups excluding tert-OH is 2. The lowest BCUT2D eigenvalue weighted by molar-refractivity contribution is -0.149. The van der Waals surface area contributed by atoms with Crippen molar-refractivity contribution in [3.8, 4) is 22.8 Å². The fourth-order valence-corrected chi connectivity index (χ4v) is 18.5. The van der Waals surface area contributed by atoms with E-state index in [9.17, 15) is 58.5 Å². The molecule has 0 bridgehead atoms. The van der Waals surface area contributed by atoms with Gasteiger partial charge in [-0.1, -0.05) is 102 Å². The number of phenols is 1. The number of aromatic amines is 2. The van der Waals surface area contributed by atoms with Crippen LogP contribution in [0.3, 0.4) is 0 Å². The first-order valence-electron chi connectivity index (χ1n) is 48.0. The van der Waals surface area contributed by atoms with E-state index in [1.807, 2.05) is 20.8 Å². The van der Waals surface area contributed by atoms with Crippen LogP contribution in [-0.2, 0) is 101 Å². The number of likely N-dealkylation sites (N-methyl/N-ethyl adjacent to an activating group) is 3. The lowest BCUT2D eigenvalue weighted by Gasteiger charge is -2.36. The van der Waals surface area contributed by atoms with Crippen molar-refractivity contribution in [2.24, 2.45) is 28.9 Å². The van der Waals surface area contributed by atoms with Crippen molar-refractivity contribution in [3.05, 3.63) is 120 Å². The Hall–Kier alpha value is -14.0. The number of thioether (sulfide) groups is 1. The molecule has 3 aliphatic heterocycles. The molecular weight excluding hydrogens is 1860 g/mol. The van der Waals surface area contributed by atoms with Crippen molar-refractivity contribution >= 4 is 140 Å². The molecule has 5 heterocycles. The van der Waals surface area contributed by atoms with Crippen molar-refractivity contribution in [1.29, 1.82) is 5.41 Å². The van der Waals surface area contributed by atoms with E-state index < -0.39 is 241 Å². The van der Waals surface area contributed by atoms with Gasteiger partial charge in [0, 0.05) is 106 Å². The van der Waals surface area contributed by atoms with Gasteiger partial charge in [0.15, 0.2) is 5.96 Å². The Bertz CT molecular complexity index is 5470. The van der Waals surface area contributed by atoms with Crippen LogP contribution in [0.15, 0.2) is 103 Å². The summed E-state index contributed by atoms with van der Waals surface area (Å²) in [7, 11) is 3.91. The normalized spacial score (nSPS) is 24.1. The standard InChI is InChI=1S/C97H137N23O21S/c1-10-13-26-75-89(133)108-66(25-19-39-103-97(101)102)85(129)115-74(84(128)105-48-80(100)125)51-142-52-81(126)106-70(42-55-29-33-58(122)34-30-55)92(136)116(7)54(6)83(127)111-72(46-79(99)124)94(138)119-40-20-28-76(119)90(134)109-67(37-38-98)86(130)112-69(41-53(4)5)95(139)120-49-59(123)44-78(120)91(135)110-68(43-57-47-104-64-23-17-15-21-61(57)64)87(131)114-73(50-121)88(132)113-71(93(137)118(9)77(27-14-11-2)96(140)117(75)8)45-63-62-22-16-18-24-65(62)107-82(63)56-31-35-60(36-32-56)141-12-3/h15-18,21-24,29-36,47,53-54,59,66-78,104,107,121-123H,10-14,19-20,25-28,37-46,48-52,98H2,1-9H3,(H2,99,124)(H2,100,125)(H,105,128)(H,106,126)(H,108,133)(H,109,134)(H,110,135)(H,111,127)(H,112,130)(H,113,132)(H,114,131)(H,115,129)(H4,101,102,103)/t54-,59+,66?,67-,68-,69-,70-,71-,72-,73-,74-,75-,76-,77-,78?/m0/s1. The number of carbonyl (C=O) groups excluding carboxylic acids is 17. The number of hydrogen-bond acceptors (Lipinski definition) is 24. The Morgan fingerprint density at radius 2 is 1.13 bits per heavy atom. The fraction of sp³-hybridized carbons (Fsp3) is 0.526. The molecule has 3 fully saturated rings. The van der Waals surface area contributed by atoms with E-state index in [0.717, 1.165) is 36.3 Å². The first kappa shape index (κ1) is 112. The average molecular weight is 1990 g/mol. The van der Waals surface area contributed by atoms with E-state index >= 15 is 38.4 Å². The number of H-pyrrole nitrogens is 2. The quantitative estimate of drug-likeness (QED) is 0.0145. The molecule has 772 valence electrons. The van der Waals surface area contributed by atoms with Crippen LogP contribution >= 0.6 is 11.8 Å². The molecule has 45 heteroatoms. The molecule has 0 radical (unpaired) electrons. The maximum Gasteiger partial charge on any atom is 0.246 e. The number of amides is 17. The van der Waals surface area contributed by atoms with E-state index in [0.29, 0.717) is 87.8 Å². The van der Waals surface area contributed by atoms with E-state index in [4.69, 9.17) is 33.1 Å². The van der Waals surface area contributed by atoms with Crippen molar-refractivity contribution in [3.63, 3.8) is 0 Å². The van der Waals surface area contributed by atoms with Gasteiger partial charge in [-0.05, 0) is 148 Å². The average Bonchev–Trinajstić information content (AvgIpc) is 1.49. The highest BCUT2D eigenvalue weighted by Crippen LogP contribution is 2.34. The molecule has 3 saturated heterocycles. The van der Waals surface area contributed by atoms with Gasteiger partial charge in [0.05, 0.1) is 38.0 Å². The molecule has 142 heavy (non-hydrogen) atoms. The number of unbranched alkanes of at least 4 members (excludes halogenated alkanes) is 2. The molecule has 6 aromatic rings. The first-order valence-corrected chi connectivity index (χ1v) is 49.1. The largest absolute Gasteiger partial charge is 0.508 e. The summed E-state index contributed by atoms with van der Waals surface area (Å²) in [5.74, 6) is -17.7. The summed E-state index contributed by atoms with van der Waals surface area (Å²) < 4.78 is 5.80. The number of aromatic hydroxyl groups is 1. The Morgan fingerprint density at radius 1 is 0.563 bits per heavy atom. The van der Waals surface area contributed by atoms with Crippen molar-refractivity contribution in [2.45, 2.75) is 241 Å². The number of aliphatic hydroxyl groups is 2. The second kappa shape index (κ2) is 53.6. The molecule has 9 rings (SSSR count). The van der Waals surface area contributed by atoms with Crippen LogP contribution in [0.2, 0.25) is 0 Å². The summed E-state index contributed by atoms with van der Waals surface area (Å²) in [6.07, 6.45) is -0.868. The summed E-state index contributed by atoms with van der Waals surface area (Å²) >= 11 is 0.758. The number of carbonyl (C=O) groups is 17. The third-order valence-corrected chi connectivity index (χ3v) is 26.4. The molecule has 0 saturated carbocycles. The summed E-state index contributed by atoms with van der Waals surface area (Å²) in [5.41, 5.74) is 26.6. The second-order valence-electron chi connectivity index (χ2n) is 36.4. The minimum atomic E-state index is -1.94. The lowest BCUT2D eigenvalue weighted by atomic mass is 9.96. The number of nitrogens with zero attached hydrogens (tertiary/aromatic N) is 5. The van der Waals surface area contributed by atoms with E-state index in [-0.39, 0.29) is 102 Å². The van der Waals surface area contributed by atoms with Gasteiger partial charge >= 0.3 is 0 Å². The zero-order chi connectivity index (χ0) is 104. The van der Waals surface area contributed by atoms with Crippen LogP contribution in [0.1, 0.15) is 148 Å². The third kappa shape index (κ3) is 30.8. The number of nitrogens with one attached hydrogen (secondary N) is 14. The van der Waals surface area contributed by atoms with Gasteiger partial charge in [-0.2, -0.15) is 0 Å². The number of guanidine groups is 1. The molecule has 15 atom stereocenters. The van der Waals surface area contributed by atoms with Gasteiger partial charge in [-0.25, -0.2) is 0 Å². The molecule has 2 unspecified atom stereocenters. The predicted molar refractivity (Wildman–Crippen MR) is 528 cm³/mol. The lowest BCUT2D eigenvalue weighted by Crippen LogP contribution is -2.62. The third-order valence-electron chi connectivity index (χ3n) is 25.4. The zero-order valence-electron chi connectivity index (χ0n) is 81.6. The molecule has 3 aliphatic rings. The topological polar surface area (TPSA) is 668 Å². The number of phenolic OH excluding ortho intramolecular Hbond substituents is 1. The molecule has 25 N–H and O–H groups in total. The smallest absolute Gasteiger partial charge is 0.246 e. The van der Waals surface area contributed by atoms with Crippen LogP contribution in [0.5, 0.6) is 11.5 Å². The molecule has 17 amide bonds. The Balaban J connectivity index is 1.13. The van der Waals surface area contributed by atoms with Crippen molar-refractivity contribution < 1.29 is 102 Å². The van der Waals surface area contributed by atoms with Gasteiger partial charge in [0.25, 0.3) is 0 Å². The number of hydrogen-bond donors (Lipinski definition) is 21. The highest BCUT2D eigenvalue weighted by molar-refractivity contribution is 8.00. The Morgan fingerprint density at radius 3 is 1.78 bits per heavy atom. The predicted octanol–water partition coefficient (Wildman–Crippen LogP) is -1.48. The molecule has 44 nitrogen and oxygen atoms in total. The molecule has 0 spiro atoms. The van der Waals surface area contributed by atoms with E-state index in [1.165, 1.54) is 52.3 Å². The van der Waals surface area contributed by atoms with Crippen LogP contribution in [-0.4, -0.2) is 325 Å². The molecular formula is C97H137N23O21S. The summed E-state index contributed by atoms with van der Waals surface area (Å²) in [5, 5.41) is 71.4. The number of para-hydroxylation sites is 2. The first-order chi connectivity index (χ1) is 67.7. The number of rotatable bonds is 29. The minimum Gasteiger partial charge on any atom is -0.508 e. The van der Waals surface area contributed by atoms with Crippen LogP contribution in [0, 0.1) is 11.3 Å². The van der Waals surface area contributed by atoms with Gasteiger partial charge < -0.3 is 136 Å². The van der Waals surface area contributed by atoms with Gasteiger partial charge in [0.2, 0.25) is 100 Å². The molecule has 2 aromatic heterocycles. The molecule has 0 aliphatic carbocycles. The maximum absolute atomic E-state index is 16.3. The van der Waals surface area contributed by atoms with Crippen molar-refractivity contribution in [2.75, 3.05) is 78.6 Å². The number of primary amides is 2. The number of nitrogens with two attached hydrogens (primary N) is 4. The highest BCUT2D eigenvalue weighted by Gasteiger charge is 2.47. The Labute approximate surface area is 827 Å². The van der Waals surface area contributed by atoms with Gasteiger partial charge in [-0.15, -0.1) is 11.8 Å². The molecule has 4 aromatic carbocycles. The van der Waals surface area contributed by atoms with Crippen LogP contribution < -0.4 is 86.2 Å². The SMILES string of the molecule is CCCC[C@H]1C(=O)N(C)[C@@H](CCCC)C(=O)NC(CCCNC(=N)N)C(=O)N[C@H](C(=O)NCC(N)=O)CSCC(=O)N[C@@H](Cc2ccc(O)cc2)C(=O)N(C)[C@@H](C)C(=O)N[C@@H](CC(N)=O)C(=O)N2CCC[C@H]2C(=O)N[C@@H](CCN)C(=O)N[C@@H](CC(C)C)C(=O)N2C[C@H](O)CC2C(=O)N[C@@H](Cc2c[nH]c3ccccc23)C(=O)N[C@@H](CO)C(=O)N[C@@H](Cc2c(-c3ccc(OCC)cc3)[nH]c3ccccc23)C(=O)N1C. The van der Waals surface area contributed by atoms with Crippen LogP contribution in [0.4, 0.5) is 0 Å². The summed E-state index contributed by atoms with van der Waals surface area (Å²) in [6, 6.07) is 4.68. The summed E-state index contributed by atoms with van der Waals surface area (Å²) in [4.78, 5) is 264. The Kier molecular flexibility index (Phi) is 42.2. The zero-order valence-corrected chi connectivity index (χ0v) is 82.4. The van der Waals surface area contributed by atoms with E-state index in [1.54, 1.807) is 92.8 Å². The minimum absolute atomic E-state index is 0.0132. The number of aromatic nitrogens is 2. The van der Waals surface area contributed by atoms with E-state index in [2.05, 4.69) is 68.5 Å². The monoisotopic (exact) mass is 1990 g/mol. The van der Waals surface area contributed by atoms with Crippen molar-refractivity contribution in [1.82, 2.24) is 93.0 Å². The summed E-state index contributed by atoms with van der Waals surface area (Å²) in [6.45, 7) is 7.91. The fourth-order valence-electron chi connectivity index (χ4n) is 17.6. The maximum atomic E-state index is 16.3. The number of benzene rings is 4. The number of ether oxygens (including phenoxy) is 1. The highest BCUT2D eigenvalue weighted by atomic mass is 32.2. The number of fused-ring (bicyclic) bond motifs is 4. The van der Waals surface area contributed by atoms with Gasteiger partial charge in [-0.3, -0.25) is 86.9 Å².